The second-order valence-corrected chi connectivity index (χ2v) is 3.59. The summed E-state index contributed by atoms with van der Waals surface area (Å²) in [5, 5.41) is 0. The van der Waals surface area contributed by atoms with Crippen LogP contribution in [0.25, 0.3) is 0 Å². The Kier molecular flexibility index (Phi) is 1.48. The van der Waals surface area contributed by atoms with Crippen LogP contribution in [0, 0.1) is 18.3 Å². The minimum absolute atomic E-state index is 1.02. The molecule has 3 rings (SSSR count). The molecule has 9 heavy (non-hydrogen) atoms. The summed E-state index contributed by atoms with van der Waals surface area (Å²) in [7, 11) is 0. The van der Waals surface area contributed by atoms with Crippen molar-refractivity contribution in [1.29, 1.82) is 0 Å². The summed E-state index contributed by atoms with van der Waals surface area (Å²) in [6, 6.07) is 0. The van der Waals surface area contributed by atoms with E-state index in [2.05, 4.69) is 6.42 Å². The Bertz CT molecular complexity index is 70.7. The van der Waals surface area contributed by atoms with Crippen LogP contribution in [0.4, 0.5) is 0 Å². The zero-order valence-electron chi connectivity index (χ0n) is 5.97. The molecule has 0 unspecified atom stereocenters. The molecule has 0 amide bonds. The molecule has 2 bridgehead atoms. The van der Waals surface area contributed by atoms with Gasteiger partial charge in [-0.05, 0) is 37.5 Å². The van der Waals surface area contributed by atoms with Crippen molar-refractivity contribution in [3.05, 3.63) is 6.42 Å². The van der Waals surface area contributed by atoms with Gasteiger partial charge < -0.3 is 0 Å². The molecule has 3 aliphatic rings. The van der Waals surface area contributed by atoms with Crippen LogP contribution in [0.2, 0.25) is 0 Å². The van der Waals surface area contributed by atoms with E-state index in [1.54, 1.807) is 0 Å². The second-order valence-electron chi connectivity index (χ2n) is 3.59. The van der Waals surface area contributed by atoms with Crippen LogP contribution >= 0.6 is 0 Å². The van der Waals surface area contributed by atoms with E-state index in [4.69, 9.17) is 0 Å². The summed E-state index contributed by atoms with van der Waals surface area (Å²) < 4.78 is 0. The van der Waals surface area contributed by atoms with Crippen LogP contribution in [0.1, 0.15) is 38.5 Å². The van der Waals surface area contributed by atoms with E-state index in [0.29, 0.717) is 0 Å². The van der Waals surface area contributed by atoms with Crippen molar-refractivity contribution in [3.8, 4) is 0 Å². The predicted octanol–water partition coefficient (Wildman–Crippen LogP) is 2.79. The number of rotatable bonds is 0. The van der Waals surface area contributed by atoms with Crippen LogP contribution in [0.15, 0.2) is 0 Å². The Morgan fingerprint density at radius 1 is 0.889 bits per heavy atom. The molecule has 0 heteroatoms. The highest BCUT2D eigenvalue weighted by atomic mass is 14.3. The summed E-state index contributed by atoms with van der Waals surface area (Å²) in [6.07, 6.45) is 11.5. The average molecular weight is 123 g/mol. The fourth-order valence-electron chi connectivity index (χ4n) is 2.28. The summed E-state index contributed by atoms with van der Waals surface area (Å²) in [4.78, 5) is 0. The molecule has 51 valence electrons. The fraction of sp³-hybridized carbons (Fsp3) is 0.889. The van der Waals surface area contributed by atoms with E-state index in [-0.39, 0.29) is 0 Å². The van der Waals surface area contributed by atoms with Crippen molar-refractivity contribution in [2.24, 2.45) is 11.8 Å². The van der Waals surface area contributed by atoms with Gasteiger partial charge in [-0.15, -0.1) is 0 Å². The smallest absolute Gasteiger partial charge is 0.0355 e. The van der Waals surface area contributed by atoms with Crippen molar-refractivity contribution in [2.45, 2.75) is 38.5 Å². The lowest BCUT2D eigenvalue weighted by molar-refractivity contribution is 0.324. The molecular weight excluding hydrogens is 108 g/mol. The second kappa shape index (κ2) is 2.32. The van der Waals surface area contributed by atoms with Gasteiger partial charge in [0.05, 0.1) is 0 Å². The van der Waals surface area contributed by atoms with Gasteiger partial charge in [-0.2, -0.15) is 0 Å². The van der Waals surface area contributed by atoms with E-state index >= 15 is 0 Å². The van der Waals surface area contributed by atoms with Crippen molar-refractivity contribution >= 4 is 0 Å². The quantitative estimate of drug-likeness (QED) is 0.464. The number of hydrogen-bond acceptors (Lipinski definition) is 0. The molecule has 1 radical (unpaired) electrons. The lowest BCUT2D eigenvalue weighted by Crippen LogP contribution is -2.08. The maximum Gasteiger partial charge on any atom is -0.0355 e. The minimum Gasteiger partial charge on any atom is -0.0502 e. The Hall–Kier alpha value is 0. The van der Waals surface area contributed by atoms with Gasteiger partial charge in [0.15, 0.2) is 0 Å². The molecule has 3 aliphatic carbocycles. The lowest BCUT2D eigenvalue weighted by Gasteiger charge is -2.21. The topological polar surface area (TPSA) is 0 Å². The van der Waals surface area contributed by atoms with Gasteiger partial charge in [0, 0.05) is 0 Å². The molecule has 0 aromatic rings. The first-order chi connectivity index (χ1) is 4.45. The van der Waals surface area contributed by atoms with Gasteiger partial charge in [0.25, 0.3) is 0 Å². The predicted molar refractivity (Wildman–Crippen MR) is 39.0 cm³/mol. The van der Waals surface area contributed by atoms with Gasteiger partial charge in [-0.3, -0.25) is 0 Å². The maximum absolute atomic E-state index is 2.56. The van der Waals surface area contributed by atoms with Gasteiger partial charge in [0.1, 0.15) is 0 Å². The monoisotopic (exact) mass is 123 g/mol. The van der Waals surface area contributed by atoms with Gasteiger partial charge in [-0.25, -0.2) is 0 Å². The van der Waals surface area contributed by atoms with E-state index in [1.165, 1.54) is 38.5 Å². The van der Waals surface area contributed by atoms with E-state index in [0.717, 1.165) is 11.8 Å². The highest BCUT2D eigenvalue weighted by Crippen LogP contribution is 2.37. The van der Waals surface area contributed by atoms with Crippen LogP contribution in [-0.2, 0) is 0 Å². The molecule has 3 saturated carbocycles. The zero-order valence-corrected chi connectivity index (χ0v) is 5.97. The third-order valence-electron chi connectivity index (χ3n) is 2.97. The number of fused-ring (bicyclic) bond motifs is 4. The summed E-state index contributed by atoms with van der Waals surface area (Å²) in [6.45, 7) is 0. The van der Waals surface area contributed by atoms with Crippen molar-refractivity contribution in [2.75, 3.05) is 0 Å². The molecule has 0 aliphatic heterocycles. The average Bonchev–Trinajstić information content (AvgIpc) is 2.21. The van der Waals surface area contributed by atoms with E-state index in [9.17, 15) is 0 Å². The molecule has 0 heterocycles. The molecule has 0 spiro atoms. The number of hydrogen-bond donors (Lipinski definition) is 0. The molecule has 0 saturated heterocycles. The Morgan fingerprint density at radius 3 is 2.44 bits per heavy atom. The molecule has 3 fully saturated rings. The summed E-state index contributed by atoms with van der Waals surface area (Å²) in [5.41, 5.74) is 0. The van der Waals surface area contributed by atoms with Crippen LogP contribution in [-0.4, -0.2) is 0 Å². The standard InChI is InChI=1S/C9H15/c1-2-8-4-6-9(3-1)7-5-8/h2,8-9H,1,3-7H2. The first kappa shape index (κ1) is 5.76. The Morgan fingerprint density at radius 2 is 1.67 bits per heavy atom. The largest absolute Gasteiger partial charge is 0.0502 e. The van der Waals surface area contributed by atoms with Crippen molar-refractivity contribution < 1.29 is 0 Å². The third kappa shape index (κ3) is 1.12. The first-order valence-electron chi connectivity index (χ1n) is 4.28. The molecule has 0 N–H and O–H groups in total. The highest BCUT2D eigenvalue weighted by Gasteiger charge is 2.24. The SMILES string of the molecule is [CH]1CCC2CCC1CC2. The summed E-state index contributed by atoms with van der Waals surface area (Å²) >= 11 is 0. The molecule has 0 aromatic heterocycles. The van der Waals surface area contributed by atoms with Crippen molar-refractivity contribution in [1.82, 2.24) is 0 Å². The molecule has 0 aromatic carbocycles. The van der Waals surface area contributed by atoms with E-state index < -0.39 is 0 Å². The third-order valence-corrected chi connectivity index (χ3v) is 2.97. The van der Waals surface area contributed by atoms with Gasteiger partial charge in [0.2, 0.25) is 0 Å². The fourth-order valence-corrected chi connectivity index (χ4v) is 2.28. The normalized spacial score (nSPS) is 42.7. The first-order valence-corrected chi connectivity index (χ1v) is 4.28. The minimum atomic E-state index is 1.02. The molecule has 0 atom stereocenters. The highest BCUT2D eigenvalue weighted by molar-refractivity contribution is 4.87. The lowest BCUT2D eigenvalue weighted by atomic mass is 9.84. The van der Waals surface area contributed by atoms with Crippen LogP contribution in [0.5, 0.6) is 0 Å². The van der Waals surface area contributed by atoms with Crippen molar-refractivity contribution in [3.63, 3.8) is 0 Å². The maximum atomic E-state index is 2.56. The molecule has 0 nitrogen and oxygen atoms in total. The van der Waals surface area contributed by atoms with Crippen LogP contribution < -0.4 is 0 Å². The zero-order chi connectivity index (χ0) is 6.10. The summed E-state index contributed by atoms with van der Waals surface area (Å²) in [5.74, 6) is 2.13. The van der Waals surface area contributed by atoms with E-state index in [1.807, 2.05) is 0 Å². The van der Waals surface area contributed by atoms with Gasteiger partial charge in [-0.1, -0.05) is 19.3 Å². The van der Waals surface area contributed by atoms with Crippen LogP contribution in [0.3, 0.4) is 0 Å². The Labute approximate surface area is 57.6 Å². The van der Waals surface area contributed by atoms with Gasteiger partial charge >= 0.3 is 0 Å². The molecular formula is C9H15. The Balaban J connectivity index is 2.03.